The van der Waals surface area contributed by atoms with Crippen molar-refractivity contribution in [3.8, 4) is 11.5 Å². The Labute approximate surface area is 120 Å². The molecule has 0 radical (unpaired) electrons. The van der Waals surface area contributed by atoms with Crippen molar-refractivity contribution in [3.05, 3.63) is 63.7 Å². The van der Waals surface area contributed by atoms with Gasteiger partial charge in [0.25, 0.3) is 5.69 Å². The van der Waals surface area contributed by atoms with Crippen molar-refractivity contribution >= 4 is 11.5 Å². The number of benzene rings is 2. The van der Waals surface area contributed by atoms with Crippen molar-refractivity contribution < 1.29 is 14.9 Å². The predicted octanol–water partition coefficient (Wildman–Crippen LogP) is 2.79. The Morgan fingerprint density at radius 1 is 1.29 bits per heavy atom. The van der Waals surface area contributed by atoms with Gasteiger partial charge >= 0.3 is 0 Å². The van der Waals surface area contributed by atoms with E-state index in [1.807, 2.05) is 19.1 Å². The van der Waals surface area contributed by atoms with Crippen LogP contribution in [0.15, 0.2) is 47.6 Å². The Balaban J connectivity index is 2.48. The highest BCUT2D eigenvalue weighted by Gasteiger charge is 2.16. The number of nitro groups is 1. The van der Waals surface area contributed by atoms with Crippen LogP contribution in [0.4, 0.5) is 5.69 Å². The number of aryl methyl sites for hydroxylation is 1. The van der Waals surface area contributed by atoms with Crippen LogP contribution in [0.5, 0.6) is 11.5 Å². The van der Waals surface area contributed by atoms with Crippen LogP contribution in [-0.4, -0.2) is 16.0 Å². The van der Waals surface area contributed by atoms with Crippen molar-refractivity contribution in [2.24, 2.45) is 10.9 Å². The largest absolute Gasteiger partial charge is 0.456 e. The second kappa shape index (κ2) is 5.91. The molecule has 0 heterocycles. The molecule has 0 aliphatic carbocycles. The molecule has 0 bridgehead atoms. The number of non-ortho nitro benzene ring substituents is 1. The van der Waals surface area contributed by atoms with Gasteiger partial charge in [-0.3, -0.25) is 10.1 Å². The minimum absolute atomic E-state index is 0.148. The summed E-state index contributed by atoms with van der Waals surface area (Å²) in [6.07, 6.45) is 0. The molecule has 0 aromatic heterocycles. The number of nitro benzene ring substituents is 1. The lowest BCUT2D eigenvalue weighted by molar-refractivity contribution is -0.384. The Hall–Kier alpha value is -3.09. The van der Waals surface area contributed by atoms with Gasteiger partial charge in [-0.2, -0.15) is 0 Å². The summed E-state index contributed by atoms with van der Waals surface area (Å²) in [5.74, 6) is 0.589. The molecule has 2 rings (SSSR count). The molecular formula is C14H13N3O4. The second-order valence-electron chi connectivity index (χ2n) is 4.29. The van der Waals surface area contributed by atoms with E-state index >= 15 is 0 Å². The van der Waals surface area contributed by atoms with Gasteiger partial charge in [0.2, 0.25) is 0 Å². The van der Waals surface area contributed by atoms with Crippen LogP contribution in [0, 0.1) is 17.0 Å². The molecule has 21 heavy (non-hydrogen) atoms. The predicted molar refractivity (Wildman–Crippen MR) is 76.9 cm³/mol. The molecular weight excluding hydrogens is 274 g/mol. The number of rotatable bonds is 4. The van der Waals surface area contributed by atoms with Crippen molar-refractivity contribution in [2.45, 2.75) is 6.92 Å². The number of amidine groups is 1. The first-order valence-electron chi connectivity index (χ1n) is 6.02. The molecule has 7 nitrogen and oxygen atoms in total. The third-order valence-electron chi connectivity index (χ3n) is 2.87. The number of hydrogen-bond donors (Lipinski definition) is 2. The molecule has 0 saturated heterocycles. The van der Waals surface area contributed by atoms with E-state index in [1.54, 1.807) is 12.1 Å². The smallest absolute Gasteiger partial charge is 0.270 e. The lowest BCUT2D eigenvalue weighted by Gasteiger charge is -2.11. The maximum atomic E-state index is 10.8. The molecule has 0 aliphatic rings. The fourth-order valence-corrected chi connectivity index (χ4v) is 1.76. The lowest BCUT2D eigenvalue weighted by Crippen LogP contribution is -2.14. The van der Waals surface area contributed by atoms with Crippen LogP contribution in [0.25, 0.3) is 0 Å². The molecule has 0 unspecified atom stereocenters. The first-order valence-corrected chi connectivity index (χ1v) is 6.02. The third kappa shape index (κ3) is 3.08. The number of oxime groups is 1. The van der Waals surface area contributed by atoms with Crippen LogP contribution < -0.4 is 10.5 Å². The Kier molecular flexibility index (Phi) is 4.03. The molecule has 0 saturated carbocycles. The number of hydrogen-bond acceptors (Lipinski definition) is 5. The first-order chi connectivity index (χ1) is 10.0. The summed E-state index contributed by atoms with van der Waals surface area (Å²) in [4.78, 5) is 10.2. The van der Waals surface area contributed by atoms with E-state index < -0.39 is 4.92 Å². The topological polar surface area (TPSA) is 111 Å². The molecule has 0 aliphatic heterocycles. The second-order valence-corrected chi connectivity index (χ2v) is 4.29. The quantitative estimate of drug-likeness (QED) is 0.295. The van der Waals surface area contributed by atoms with Crippen LogP contribution in [0.3, 0.4) is 0 Å². The van der Waals surface area contributed by atoms with Crippen LogP contribution in [-0.2, 0) is 0 Å². The standard InChI is InChI=1S/C14H13N3O4/c1-9-4-2-3-5-12(9)21-13-7-6-10(17(19)20)8-11(13)14(15)16-18/h2-8,18H,1H3,(H2,15,16). The number of nitrogens with two attached hydrogens (primary N) is 1. The summed E-state index contributed by atoms with van der Waals surface area (Å²) in [6.45, 7) is 1.86. The maximum Gasteiger partial charge on any atom is 0.270 e. The summed E-state index contributed by atoms with van der Waals surface area (Å²) in [5.41, 5.74) is 6.42. The molecule has 108 valence electrons. The summed E-state index contributed by atoms with van der Waals surface area (Å²) in [7, 11) is 0. The normalized spacial score (nSPS) is 11.2. The SMILES string of the molecule is Cc1ccccc1Oc1ccc([N+](=O)[O-])cc1C(N)=NO. The average molecular weight is 287 g/mol. The fraction of sp³-hybridized carbons (Fsp3) is 0.0714. The van der Waals surface area contributed by atoms with Gasteiger partial charge in [-0.1, -0.05) is 23.4 Å². The Bertz CT molecular complexity index is 713. The summed E-state index contributed by atoms with van der Waals surface area (Å²) in [5, 5.41) is 22.5. The van der Waals surface area contributed by atoms with Crippen molar-refractivity contribution in [3.63, 3.8) is 0 Å². The number of ether oxygens (including phenoxy) is 1. The zero-order chi connectivity index (χ0) is 15.4. The van der Waals surface area contributed by atoms with Gasteiger partial charge in [0, 0.05) is 12.1 Å². The summed E-state index contributed by atoms with van der Waals surface area (Å²) < 4.78 is 5.70. The van der Waals surface area contributed by atoms with E-state index in [9.17, 15) is 10.1 Å². The Morgan fingerprint density at radius 3 is 2.62 bits per heavy atom. The molecule has 3 N–H and O–H groups in total. The van der Waals surface area contributed by atoms with Gasteiger partial charge in [0.05, 0.1) is 10.5 Å². The van der Waals surface area contributed by atoms with Crippen molar-refractivity contribution in [2.75, 3.05) is 0 Å². The zero-order valence-corrected chi connectivity index (χ0v) is 11.2. The monoisotopic (exact) mass is 287 g/mol. The van der Waals surface area contributed by atoms with E-state index in [1.165, 1.54) is 18.2 Å². The van der Waals surface area contributed by atoms with Gasteiger partial charge < -0.3 is 15.7 Å². The molecule has 7 heteroatoms. The van der Waals surface area contributed by atoms with E-state index in [0.717, 1.165) is 5.56 Å². The van der Waals surface area contributed by atoms with Gasteiger partial charge in [-0.05, 0) is 24.6 Å². The molecule has 2 aromatic carbocycles. The summed E-state index contributed by atoms with van der Waals surface area (Å²) in [6, 6.07) is 11.2. The van der Waals surface area contributed by atoms with Crippen LogP contribution >= 0.6 is 0 Å². The third-order valence-corrected chi connectivity index (χ3v) is 2.87. The fourth-order valence-electron chi connectivity index (χ4n) is 1.76. The zero-order valence-electron chi connectivity index (χ0n) is 11.2. The lowest BCUT2D eigenvalue weighted by atomic mass is 10.1. The van der Waals surface area contributed by atoms with Gasteiger partial charge in [-0.25, -0.2) is 0 Å². The molecule has 0 amide bonds. The first kappa shape index (κ1) is 14.3. The van der Waals surface area contributed by atoms with E-state index in [4.69, 9.17) is 15.7 Å². The minimum atomic E-state index is -0.564. The molecule has 0 atom stereocenters. The minimum Gasteiger partial charge on any atom is -0.456 e. The van der Waals surface area contributed by atoms with Crippen LogP contribution in [0.2, 0.25) is 0 Å². The average Bonchev–Trinajstić information content (AvgIpc) is 2.49. The summed E-state index contributed by atoms with van der Waals surface area (Å²) >= 11 is 0. The maximum absolute atomic E-state index is 10.8. The number of nitrogens with zero attached hydrogens (tertiary/aromatic N) is 2. The van der Waals surface area contributed by atoms with E-state index in [2.05, 4.69) is 5.16 Å². The van der Waals surface area contributed by atoms with Gasteiger partial charge in [0.1, 0.15) is 11.5 Å². The van der Waals surface area contributed by atoms with E-state index in [0.29, 0.717) is 5.75 Å². The highest BCUT2D eigenvalue weighted by atomic mass is 16.6. The van der Waals surface area contributed by atoms with E-state index in [-0.39, 0.29) is 22.8 Å². The highest BCUT2D eigenvalue weighted by molar-refractivity contribution is 6.00. The molecule has 0 spiro atoms. The molecule has 2 aromatic rings. The van der Waals surface area contributed by atoms with Crippen molar-refractivity contribution in [1.82, 2.24) is 0 Å². The highest BCUT2D eigenvalue weighted by Crippen LogP contribution is 2.30. The Morgan fingerprint density at radius 2 is 2.00 bits per heavy atom. The van der Waals surface area contributed by atoms with Gasteiger partial charge in [-0.15, -0.1) is 0 Å². The van der Waals surface area contributed by atoms with Gasteiger partial charge in [0.15, 0.2) is 5.84 Å². The van der Waals surface area contributed by atoms with Crippen LogP contribution in [0.1, 0.15) is 11.1 Å². The van der Waals surface area contributed by atoms with Crippen molar-refractivity contribution in [1.29, 1.82) is 0 Å². The number of para-hydroxylation sites is 1. The molecule has 0 fully saturated rings.